The molecule has 3 nitrogen and oxygen atoms in total. The minimum Gasteiger partial charge on any atom is -0.208 e. The average molecular weight is 302 g/mol. The summed E-state index contributed by atoms with van der Waals surface area (Å²) in [5.74, 6) is 0.436. The van der Waals surface area contributed by atoms with Crippen LogP contribution in [-0.4, -0.2) is 14.5 Å². The number of benzene rings is 1. The van der Waals surface area contributed by atoms with Crippen LogP contribution < -0.4 is 4.72 Å². The molecule has 0 spiro atoms. The van der Waals surface area contributed by atoms with Gasteiger partial charge in [0.05, 0.1) is 5.02 Å². The molecule has 19 heavy (non-hydrogen) atoms. The first kappa shape index (κ1) is 14.8. The molecule has 106 valence electrons. The van der Waals surface area contributed by atoms with Gasteiger partial charge in [0.15, 0.2) is 0 Å². The largest absolute Gasteiger partial charge is 0.242 e. The van der Waals surface area contributed by atoms with Crippen LogP contribution in [0.15, 0.2) is 29.2 Å². The summed E-state index contributed by atoms with van der Waals surface area (Å²) in [6, 6.07) is 6.62. The molecule has 0 aliphatic heterocycles. The van der Waals surface area contributed by atoms with E-state index in [1.165, 1.54) is 6.42 Å². The van der Waals surface area contributed by atoms with E-state index in [9.17, 15) is 8.42 Å². The van der Waals surface area contributed by atoms with E-state index in [1.807, 2.05) is 0 Å². The van der Waals surface area contributed by atoms with Crippen LogP contribution in [0.4, 0.5) is 0 Å². The summed E-state index contributed by atoms with van der Waals surface area (Å²) in [6.07, 6.45) is 5.32. The van der Waals surface area contributed by atoms with Crippen molar-refractivity contribution in [2.45, 2.75) is 50.0 Å². The Balaban J connectivity index is 2.19. The van der Waals surface area contributed by atoms with E-state index in [2.05, 4.69) is 11.6 Å². The summed E-state index contributed by atoms with van der Waals surface area (Å²) in [5, 5.41) is 0.277. The average Bonchev–Trinajstić information content (AvgIpc) is 2.39. The fourth-order valence-corrected chi connectivity index (χ4v) is 4.64. The van der Waals surface area contributed by atoms with E-state index in [0.29, 0.717) is 5.92 Å². The minimum atomic E-state index is -3.52. The second-order valence-electron chi connectivity index (χ2n) is 5.11. The van der Waals surface area contributed by atoms with Crippen LogP contribution in [0.1, 0.15) is 39.0 Å². The Bertz CT molecular complexity index is 530. The van der Waals surface area contributed by atoms with Gasteiger partial charge in [-0.05, 0) is 30.9 Å². The zero-order valence-electron chi connectivity index (χ0n) is 11.1. The molecule has 5 heteroatoms. The Morgan fingerprint density at radius 1 is 1.26 bits per heavy atom. The van der Waals surface area contributed by atoms with Crippen molar-refractivity contribution in [1.29, 1.82) is 0 Å². The molecule has 1 fully saturated rings. The molecule has 0 unspecified atom stereocenters. The molecule has 0 saturated heterocycles. The molecule has 1 N–H and O–H groups in total. The summed E-state index contributed by atoms with van der Waals surface area (Å²) >= 11 is 5.98. The zero-order chi connectivity index (χ0) is 13.9. The van der Waals surface area contributed by atoms with Crippen molar-refractivity contribution in [1.82, 2.24) is 4.72 Å². The van der Waals surface area contributed by atoms with Crippen LogP contribution in [0.25, 0.3) is 0 Å². The molecule has 1 aliphatic rings. The first-order chi connectivity index (χ1) is 9.04. The van der Waals surface area contributed by atoms with Gasteiger partial charge in [-0.2, -0.15) is 0 Å². The van der Waals surface area contributed by atoms with Crippen LogP contribution in [0.5, 0.6) is 0 Å². The smallest absolute Gasteiger partial charge is 0.208 e. The van der Waals surface area contributed by atoms with Crippen LogP contribution >= 0.6 is 11.6 Å². The van der Waals surface area contributed by atoms with Gasteiger partial charge < -0.3 is 0 Å². The normalized spacial score (nSPS) is 24.3. The molecule has 0 heterocycles. The van der Waals surface area contributed by atoms with Crippen molar-refractivity contribution in [2.24, 2.45) is 5.92 Å². The van der Waals surface area contributed by atoms with Crippen molar-refractivity contribution < 1.29 is 8.42 Å². The Kier molecular flexibility index (Phi) is 4.87. The van der Waals surface area contributed by atoms with Gasteiger partial charge in [0, 0.05) is 6.04 Å². The van der Waals surface area contributed by atoms with Gasteiger partial charge in [-0.25, -0.2) is 13.1 Å². The molecule has 1 aromatic carbocycles. The SMILES string of the molecule is CC[C@H]1CCCC[C@@H]1NS(=O)(=O)c1ccccc1Cl. The summed E-state index contributed by atoms with van der Waals surface area (Å²) in [4.78, 5) is 0.178. The quantitative estimate of drug-likeness (QED) is 0.924. The van der Waals surface area contributed by atoms with E-state index in [4.69, 9.17) is 11.6 Å². The molecule has 0 bridgehead atoms. The van der Waals surface area contributed by atoms with Crippen molar-refractivity contribution in [2.75, 3.05) is 0 Å². The van der Waals surface area contributed by atoms with Gasteiger partial charge in [-0.15, -0.1) is 0 Å². The van der Waals surface area contributed by atoms with Crippen LogP contribution in [0.3, 0.4) is 0 Å². The van der Waals surface area contributed by atoms with E-state index in [0.717, 1.165) is 25.7 Å². The maximum atomic E-state index is 12.4. The topological polar surface area (TPSA) is 46.2 Å². The van der Waals surface area contributed by atoms with Crippen LogP contribution in [-0.2, 0) is 10.0 Å². The summed E-state index contributed by atoms with van der Waals surface area (Å²) in [7, 11) is -3.52. The monoisotopic (exact) mass is 301 g/mol. The molecule has 0 aromatic heterocycles. The molecule has 0 radical (unpaired) electrons. The number of nitrogens with one attached hydrogen (secondary N) is 1. The van der Waals surface area contributed by atoms with Gasteiger partial charge in [0.1, 0.15) is 4.90 Å². The van der Waals surface area contributed by atoms with E-state index in [-0.39, 0.29) is 16.0 Å². The molecule has 1 saturated carbocycles. The second kappa shape index (κ2) is 6.25. The lowest BCUT2D eigenvalue weighted by Crippen LogP contribution is -2.41. The Morgan fingerprint density at radius 2 is 1.95 bits per heavy atom. The van der Waals surface area contributed by atoms with Gasteiger partial charge >= 0.3 is 0 Å². The molecule has 0 amide bonds. The highest BCUT2D eigenvalue weighted by Crippen LogP contribution is 2.29. The minimum absolute atomic E-state index is 0.0417. The maximum Gasteiger partial charge on any atom is 0.242 e. The molecule has 1 aromatic rings. The lowest BCUT2D eigenvalue weighted by Gasteiger charge is -2.31. The van der Waals surface area contributed by atoms with Gasteiger partial charge in [-0.1, -0.05) is 49.9 Å². The zero-order valence-corrected chi connectivity index (χ0v) is 12.7. The van der Waals surface area contributed by atoms with E-state index < -0.39 is 10.0 Å². The Morgan fingerprint density at radius 3 is 2.63 bits per heavy atom. The van der Waals surface area contributed by atoms with Gasteiger partial charge in [0.25, 0.3) is 0 Å². The summed E-state index contributed by atoms with van der Waals surface area (Å²) in [5.41, 5.74) is 0. The third-order valence-corrected chi connectivity index (χ3v) is 5.86. The third-order valence-electron chi connectivity index (χ3n) is 3.87. The fraction of sp³-hybridized carbons (Fsp3) is 0.571. The Labute approximate surface area is 120 Å². The van der Waals surface area contributed by atoms with Crippen molar-refractivity contribution in [3.05, 3.63) is 29.3 Å². The van der Waals surface area contributed by atoms with Gasteiger partial charge in [0.2, 0.25) is 10.0 Å². The number of halogens is 1. The summed E-state index contributed by atoms with van der Waals surface area (Å²) in [6.45, 7) is 2.12. The number of hydrogen-bond donors (Lipinski definition) is 1. The summed E-state index contributed by atoms with van der Waals surface area (Å²) < 4.78 is 27.6. The predicted molar refractivity (Wildman–Crippen MR) is 77.8 cm³/mol. The van der Waals surface area contributed by atoms with Crippen molar-refractivity contribution in [3.8, 4) is 0 Å². The van der Waals surface area contributed by atoms with E-state index in [1.54, 1.807) is 24.3 Å². The molecule has 2 rings (SSSR count). The number of hydrogen-bond acceptors (Lipinski definition) is 2. The maximum absolute atomic E-state index is 12.4. The standard InChI is InChI=1S/C14H20ClNO2S/c1-2-11-7-3-5-9-13(11)16-19(17,18)14-10-6-4-8-12(14)15/h4,6,8,10-11,13,16H,2-3,5,7,9H2,1H3/t11-,13-/m0/s1. The Hall–Kier alpha value is -0.580. The molecular weight excluding hydrogens is 282 g/mol. The van der Waals surface area contributed by atoms with Crippen molar-refractivity contribution >= 4 is 21.6 Å². The van der Waals surface area contributed by atoms with Crippen molar-refractivity contribution in [3.63, 3.8) is 0 Å². The lowest BCUT2D eigenvalue weighted by atomic mass is 9.83. The number of rotatable bonds is 4. The first-order valence-electron chi connectivity index (χ1n) is 6.81. The third kappa shape index (κ3) is 3.50. The van der Waals surface area contributed by atoms with Crippen LogP contribution in [0, 0.1) is 5.92 Å². The number of sulfonamides is 1. The molecule has 1 aliphatic carbocycles. The van der Waals surface area contributed by atoms with Gasteiger partial charge in [-0.3, -0.25) is 0 Å². The molecule has 2 atom stereocenters. The highest BCUT2D eigenvalue weighted by atomic mass is 35.5. The lowest BCUT2D eigenvalue weighted by molar-refractivity contribution is 0.282. The molecular formula is C14H20ClNO2S. The predicted octanol–water partition coefficient (Wildman–Crippen LogP) is 3.59. The van der Waals surface area contributed by atoms with Crippen LogP contribution in [0.2, 0.25) is 5.02 Å². The fourth-order valence-electron chi connectivity index (χ4n) is 2.78. The highest BCUT2D eigenvalue weighted by molar-refractivity contribution is 7.89. The first-order valence-corrected chi connectivity index (χ1v) is 8.67. The van der Waals surface area contributed by atoms with E-state index >= 15 is 0 Å². The second-order valence-corrected chi connectivity index (χ2v) is 7.20. The highest BCUT2D eigenvalue weighted by Gasteiger charge is 2.29.